The Balaban J connectivity index is 1.61. The Hall–Kier alpha value is -3.41. The molecule has 0 spiro atoms. The number of amides is 1. The van der Waals surface area contributed by atoms with Crippen molar-refractivity contribution in [2.45, 2.75) is 6.42 Å². The molecule has 0 bridgehead atoms. The van der Waals surface area contributed by atoms with Gasteiger partial charge in [-0.1, -0.05) is 18.2 Å². The van der Waals surface area contributed by atoms with Crippen LogP contribution in [0.4, 0.5) is 0 Å². The third-order valence-electron chi connectivity index (χ3n) is 4.04. The van der Waals surface area contributed by atoms with Gasteiger partial charge in [-0.2, -0.15) is 0 Å². The molecule has 25 heavy (non-hydrogen) atoms. The Kier molecular flexibility index (Phi) is 3.78. The highest BCUT2D eigenvalue weighted by molar-refractivity contribution is 5.98. The normalized spacial score (nSPS) is 13.0. The summed E-state index contributed by atoms with van der Waals surface area (Å²) in [5, 5.41) is 2.81. The zero-order valence-electron chi connectivity index (χ0n) is 13.3. The molecular formula is C19H15N3O3. The molecule has 1 aliphatic heterocycles. The molecule has 0 fully saturated rings. The molecule has 0 unspecified atom stereocenters. The highest BCUT2D eigenvalue weighted by Gasteiger charge is 2.20. The molecule has 3 heterocycles. The lowest BCUT2D eigenvalue weighted by Gasteiger charge is -2.10. The second-order valence-corrected chi connectivity index (χ2v) is 5.71. The van der Waals surface area contributed by atoms with Crippen molar-refractivity contribution >= 4 is 11.9 Å². The first-order chi connectivity index (χ1) is 12.2. The van der Waals surface area contributed by atoms with Crippen LogP contribution in [0.5, 0.6) is 5.75 Å². The largest absolute Gasteiger partial charge is 0.422 e. The number of esters is 1. The number of benzene rings is 1. The van der Waals surface area contributed by atoms with Gasteiger partial charge >= 0.3 is 5.97 Å². The van der Waals surface area contributed by atoms with Gasteiger partial charge in [-0.05, 0) is 30.3 Å². The molecule has 6 nitrogen and oxygen atoms in total. The van der Waals surface area contributed by atoms with Crippen molar-refractivity contribution in [2.24, 2.45) is 0 Å². The lowest BCUT2D eigenvalue weighted by Crippen LogP contribution is -2.31. The molecule has 0 aliphatic carbocycles. The van der Waals surface area contributed by atoms with E-state index in [1.165, 1.54) is 0 Å². The number of pyridine rings is 1. The van der Waals surface area contributed by atoms with Crippen LogP contribution in [0.1, 0.15) is 26.5 Å². The van der Waals surface area contributed by atoms with Crippen LogP contribution in [0.25, 0.3) is 11.3 Å². The molecule has 1 amide bonds. The van der Waals surface area contributed by atoms with Gasteiger partial charge in [0.15, 0.2) is 0 Å². The summed E-state index contributed by atoms with van der Waals surface area (Å²) in [6.07, 6.45) is 2.31. The average molecular weight is 333 g/mol. The molecule has 124 valence electrons. The lowest BCUT2D eigenvalue weighted by molar-refractivity contribution is 0.0728. The molecule has 0 atom stereocenters. The fourth-order valence-electron chi connectivity index (χ4n) is 2.81. The van der Waals surface area contributed by atoms with Crippen LogP contribution in [-0.2, 0) is 6.42 Å². The number of aromatic nitrogens is 2. The smallest absolute Gasteiger partial charge is 0.362 e. The minimum Gasteiger partial charge on any atom is -0.422 e. The Morgan fingerprint density at radius 1 is 1.12 bits per heavy atom. The summed E-state index contributed by atoms with van der Waals surface area (Å²) in [7, 11) is 0. The van der Waals surface area contributed by atoms with E-state index in [0.717, 1.165) is 23.4 Å². The highest BCUT2D eigenvalue weighted by Crippen LogP contribution is 2.24. The minimum atomic E-state index is -0.526. The first-order valence-corrected chi connectivity index (χ1v) is 7.94. The number of nitrogens with zero attached hydrogens (tertiary/aromatic N) is 1. The van der Waals surface area contributed by atoms with Gasteiger partial charge in [0.1, 0.15) is 11.4 Å². The summed E-state index contributed by atoms with van der Waals surface area (Å²) in [5.74, 6) is -0.143. The summed E-state index contributed by atoms with van der Waals surface area (Å²) >= 11 is 0. The number of rotatable bonds is 3. The van der Waals surface area contributed by atoms with Gasteiger partial charge in [0, 0.05) is 36.1 Å². The molecule has 4 rings (SSSR count). The minimum absolute atomic E-state index is 0.0819. The van der Waals surface area contributed by atoms with E-state index in [1.807, 2.05) is 6.07 Å². The summed E-state index contributed by atoms with van der Waals surface area (Å²) in [6, 6.07) is 14.1. The van der Waals surface area contributed by atoms with Crippen LogP contribution in [0.15, 0.2) is 54.7 Å². The predicted molar refractivity (Wildman–Crippen MR) is 91.5 cm³/mol. The maximum absolute atomic E-state index is 12.3. The van der Waals surface area contributed by atoms with Crippen molar-refractivity contribution < 1.29 is 14.3 Å². The van der Waals surface area contributed by atoms with Crippen LogP contribution in [0.2, 0.25) is 0 Å². The van der Waals surface area contributed by atoms with Crippen molar-refractivity contribution in [3.63, 3.8) is 0 Å². The van der Waals surface area contributed by atoms with E-state index in [-0.39, 0.29) is 11.6 Å². The topological polar surface area (TPSA) is 84.1 Å². The third-order valence-corrected chi connectivity index (χ3v) is 4.04. The van der Waals surface area contributed by atoms with E-state index in [0.29, 0.717) is 17.9 Å². The number of carbonyl (C=O) groups is 2. The quantitative estimate of drug-likeness (QED) is 0.570. The highest BCUT2D eigenvalue weighted by atomic mass is 16.5. The van der Waals surface area contributed by atoms with Crippen LogP contribution < -0.4 is 10.1 Å². The summed E-state index contributed by atoms with van der Waals surface area (Å²) in [6.45, 7) is 0.622. The fourth-order valence-corrected chi connectivity index (χ4v) is 2.81. The molecule has 2 aromatic heterocycles. The van der Waals surface area contributed by atoms with E-state index in [1.54, 1.807) is 48.7 Å². The first-order valence-electron chi connectivity index (χ1n) is 7.94. The number of para-hydroxylation sites is 1. The van der Waals surface area contributed by atoms with Gasteiger partial charge in [-0.15, -0.1) is 0 Å². The molecule has 1 aliphatic rings. The number of aromatic amines is 1. The van der Waals surface area contributed by atoms with Gasteiger partial charge in [-0.3, -0.25) is 4.79 Å². The van der Waals surface area contributed by atoms with Crippen molar-refractivity contribution in [1.82, 2.24) is 15.3 Å². The Labute approximate surface area is 143 Å². The van der Waals surface area contributed by atoms with Gasteiger partial charge in [-0.25, -0.2) is 9.78 Å². The molecule has 3 aromatic rings. The summed E-state index contributed by atoms with van der Waals surface area (Å²) in [4.78, 5) is 31.5. The number of hydrogen-bond donors (Lipinski definition) is 2. The number of hydrogen-bond acceptors (Lipinski definition) is 4. The van der Waals surface area contributed by atoms with Crippen molar-refractivity contribution in [1.29, 1.82) is 0 Å². The van der Waals surface area contributed by atoms with Crippen molar-refractivity contribution in [3.8, 4) is 17.0 Å². The third kappa shape index (κ3) is 3.01. The standard InChI is InChI=1S/C19H15N3O3/c23-18-14-11-16(22-15(14)7-9-21-18)12-6-8-20-17(10-12)19(24)25-13-4-2-1-3-5-13/h1-6,8,10-11,22H,7,9H2,(H,21,23). The number of nitrogens with one attached hydrogen (secondary N) is 2. The number of carbonyl (C=O) groups excluding carboxylic acids is 2. The van der Waals surface area contributed by atoms with E-state index in [9.17, 15) is 9.59 Å². The maximum atomic E-state index is 12.3. The molecule has 1 aromatic carbocycles. The Morgan fingerprint density at radius 2 is 1.96 bits per heavy atom. The lowest BCUT2D eigenvalue weighted by atomic mass is 10.1. The molecule has 0 saturated carbocycles. The monoisotopic (exact) mass is 333 g/mol. The zero-order chi connectivity index (χ0) is 17.2. The Bertz CT molecular complexity index is 948. The molecule has 0 saturated heterocycles. The summed E-state index contributed by atoms with van der Waals surface area (Å²) in [5.41, 5.74) is 3.31. The van der Waals surface area contributed by atoms with E-state index < -0.39 is 5.97 Å². The van der Waals surface area contributed by atoms with Crippen LogP contribution in [0.3, 0.4) is 0 Å². The van der Waals surface area contributed by atoms with E-state index >= 15 is 0 Å². The van der Waals surface area contributed by atoms with Gasteiger partial charge < -0.3 is 15.0 Å². The maximum Gasteiger partial charge on any atom is 0.362 e. The van der Waals surface area contributed by atoms with Gasteiger partial charge in [0.25, 0.3) is 5.91 Å². The molecule has 6 heteroatoms. The zero-order valence-corrected chi connectivity index (χ0v) is 13.3. The second-order valence-electron chi connectivity index (χ2n) is 5.71. The fraction of sp³-hybridized carbons (Fsp3) is 0.105. The Morgan fingerprint density at radius 3 is 2.76 bits per heavy atom. The second kappa shape index (κ2) is 6.24. The average Bonchev–Trinajstić information content (AvgIpc) is 3.08. The van der Waals surface area contributed by atoms with E-state index in [4.69, 9.17) is 4.74 Å². The van der Waals surface area contributed by atoms with Crippen LogP contribution in [0, 0.1) is 0 Å². The van der Waals surface area contributed by atoms with Crippen molar-refractivity contribution in [3.05, 3.63) is 71.7 Å². The molecule has 0 radical (unpaired) electrons. The number of fused-ring (bicyclic) bond motifs is 1. The first kappa shape index (κ1) is 15.1. The van der Waals surface area contributed by atoms with Crippen LogP contribution in [-0.4, -0.2) is 28.4 Å². The van der Waals surface area contributed by atoms with Crippen molar-refractivity contribution in [2.75, 3.05) is 6.54 Å². The van der Waals surface area contributed by atoms with Crippen LogP contribution >= 0.6 is 0 Å². The van der Waals surface area contributed by atoms with E-state index in [2.05, 4.69) is 15.3 Å². The van der Waals surface area contributed by atoms with Gasteiger partial charge in [0.05, 0.1) is 5.56 Å². The SMILES string of the molecule is O=C(Oc1ccccc1)c1cc(-c2cc3c([nH]2)CCNC3=O)ccn1. The summed E-state index contributed by atoms with van der Waals surface area (Å²) < 4.78 is 5.31. The molecular weight excluding hydrogens is 318 g/mol. The molecule has 2 N–H and O–H groups in total. The number of ether oxygens (including phenoxy) is 1. The predicted octanol–water partition coefficient (Wildman–Crippen LogP) is 2.58. The number of H-pyrrole nitrogens is 1. The van der Waals surface area contributed by atoms with Gasteiger partial charge in [0.2, 0.25) is 0 Å².